The van der Waals surface area contributed by atoms with E-state index < -0.39 is 0 Å². The minimum absolute atomic E-state index is 0.0359. The molecule has 0 atom stereocenters. The van der Waals surface area contributed by atoms with Crippen LogP contribution in [0.2, 0.25) is 0 Å². The molecule has 0 spiro atoms. The molecule has 0 saturated heterocycles. The first kappa shape index (κ1) is 13.0. The molecule has 1 aromatic heterocycles. The number of benzene rings is 1. The zero-order valence-electron chi connectivity index (χ0n) is 11.5. The molecule has 5 nitrogen and oxygen atoms in total. The molecule has 1 saturated carbocycles. The largest absolute Gasteiger partial charge is 0.506 e. The molecule has 3 rings (SSSR count). The fraction of sp³-hybridized carbons (Fsp3) is 0.467. The molecule has 0 unspecified atom stereocenters. The van der Waals surface area contributed by atoms with Crippen molar-refractivity contribution >= 4 is 5.69 Å². The van der Waals surface area contributed by atoms with E-state index in [2.05, 4.69) is 17.1 Å². The molecule has 3 N–H and O–H groups in total. The van der Waals surface area contributed by atoms with Crippen molar-refractivity contribution in [1.82, 2.24) is 10.1 Å². The lowest BCUT2D eigenvalue weighted by Gasteiger charge is -2.23. The summed E-state index contributed by atoms with van der Waals surface area (Å²) in [7, 11) is 0. The number of phenols is 1. The normalized spacial score (nSPS) is 22.9. The van der Waals surface area contributed by atoms with E-state index in [0.717, 1.165) is 24.6 Å². The Balaban J connectivity index is 1.81. The van der Waals surface area contributed by atoms with E-state index >= 15 is 0 Å². The van der Waals surface area contributed by atoms with Gasteiger partial charge in [-0.15, -0.1) is 0 Å². The number of nitrogens with zero attached hydrogens (tertiary/aromatic N) is 2. The Morgan fingerprint density at radius 3 is 2.70 bits per heavy atom. The van der Waals surface area contributed by atoms with Gasteiger partial charge < -0.3 is 15.4 Å². The van der Waals surface area contributed by atoms with Gasteiger partial charge in [-0.25, -0.2) is 0 Å². The van der Waals surface area contributed by atoms with Gasteiger partial charge in [0.2, 0.25) is 0 Å². The number of anilines is 1. The minimum atomic E-state index is 0.0359. The Labute approximate surface area is 117 Å². The molecule has 1 aromatic carbocycles. The van der Waals surface area contributed by atoms with Gasteiger partial charge in [0.15, 0.2) is 5.82 Å². The molecule has 2 aromatic rings. The molecular formula is C15H19N3O2. The van der Waals surface area contributed by atoms with Crippen LogP contribution in [-0.2, 0) is 0 Å². The van der Waals surface area contributed by atoms with E-state index in [1.807, 2.05) is 0 Å². The predicted molar refractivity (Wildman–Crippen MR) is 76.2 cm³/mol. The summed E-state index contributed by atoms with van der Waals surface area (Å²) in [5.41, 5.74) is 6.62. The average molecular weight is 273 g/mol. The zero-order valence-corrected chi connectivity index (χ0v) is 11.5. The molecule has 106 valence electrons. The van der Waals surface area contributed by atoms with Gasteiger partial charge in [0.1, 0.15) is 5.75 Å². The van der Waals surface area contributed by atoms with Crippen molar-refractivity contribution in [3.05, 3.63) is 24.0 Å². The monoisotopic (exact) mass is 273 g/mol. The summed E-state index contributed by atoms with van der Waals surface area (Å²) in [6, 6.07) is 4.96. The third-order valence-electron chi connectivity index (χ3n) is 4.10. The van der Waals surface area contributed by atoms with Gasteiger partial charge in [-0.3, -0.25) is 0 Å². The Hall–Kier alpha value is -2.04. The summed E-state index contributed by atoms with van der Waals surface area (Å²) in [6.45, 7) is 2.29. The number of aromatic nitrogens is 2. The lowest BCUT2D eigenvalue weighted by molar-refractivity contribution is 0.329. The Morgan fingerprint density at radius 2 is 2.00 bits per heavy atom. The third kappa shape index (κ3) is 2.48. The van der Waals surface area contributed by atoms with Crippen LogP contribution in [0.25, 0.3) is 11.5 Å². The Morgan fingerprint density at radius 1 is 1.25 bits per heavy atom. The van der Waals surface area contributed by atoms with Crippen LogP contribution in [0, 0.1) is 5.92 Å². The van der Waals surface area contributed by atoms with Crippen LogP contribution < -0.4 is 5.73 Å². The number of rotatable bonds is 2. The molecule has 1 fully saturated rings. The van der Waals surface area contributed by atoms with E-state index in [1.165, 1.54) is 12.8 Å². The molecule has 20 heavy (non-hydrogen) atoms. The number of aromatic hydroxyl groups is 1. The number of hydrogen-bond donors (Lipinski definition) is 2. The fourth-order valence-electron chi connectivity index (χ4n) is 2.71. The number of hydrogen-bond acceptors (Lipinski definition) is 5. The second kappa shape index (κ2) is 5.15. The van der Waals surface area contributed by atoms with E-state index in [0.29, 0.717) is 23.1 Å². The van der Waals surface area contributed by atoms with Crippen LogP contribution in [0.4, 0.5) is 5.69 Å². The third-order valence-corrected chi connectivity index (χ3v) is 4.10. The quantitative estimate of drug-likeness (QED) is 0.647. The summed E-state index contributed by atoms with van der Waals surface area (Å²) >= 11 is 0. The van der Waals surface area contributed by atoms with Gasteiger partial charge in [0.05, 0.1) is 5.69 Å². The summed E-state index contributed by atoms with van der Waals surface area (Å²) in [4.78, 5) is 4.47. The predicted octanol–water partition coefficient (Wildman–Crippen LogP) is 3.32. The van der Waals surface area contributed by atoms with Gasteiger partial charge in [0, 0.05) is 11.5 Å². The Kier molecular flexibility index (Phi) is 3.34. The highest BCUT2D eigenvalue weighted by Gasteiger charge is 2.24. The second-order valence-electron chi connectivity index (χ2n) is 5.69. The maximum Gasteiger partial charge on any atom is 0.258 e. The number of nitrogens with two attached hydrogens (primary N) is 1. The van der Waals surface area contributed by atoms with Gasteiger partial charge in [0.25, 0.3) is 5.89 Å². The standard InChI is InChI=1S/C15H19N3O2/c1-9-2-4-10(5-3-9)14-17-15(20-18-14)11-6-7-12(16)13(19)8-11/h6-10,19H,2-5,16H2,1H3. The average Bonchev–Trinajstić information content (AvgIpc) is 2.92. The Bertz CT molecular complexity index is 601. The molecule has 0 radical (unpaired) electrons. The van der Waals surface area contributed by atoms with Crippen molar-refractivity contribution in [2.75, 3.05) is 5.73 Å². The van der Waals surface area contributed by atoms with E-state index in [4.69, 9.17) is 10.3 Å². The van der Waals surface area contributed by atoms with Crippen LogP contribution in [0.15, 0.2) is 22.7 Å². The topological polar surface area (TPSA) is 85.2 Å². The maximum atomic E-state index is 9.63. The van der Waals surface area contributed by atoms with Crippen molar-refractivity contribution < 1.29 is 9.63 Å². The second-order valence-corrected chi connectivity index (χ2v) is 5.69. The van der Waals surface area contributed by atoms with Crippen molar-refractivity contribution in [3.8, 4) is 17.2 Å². The molecule has 1 aliphatic rings. The van der Waals surface area contributed by atoms with E-state index in [-0.39, 0.29) is 5.75 Å². The van der Waals surface area contributed by atoms with E-state index in [9.17, 15) is 5.11 Å². The summed E-state index contributed by atoms with van der Waals surface area (Å²) < 4.78 is 5.31. The fourth-order valence-corrected chi connectivity index (χ4v) is 2.71. The van der Waals surface area contributed by atoms with Crippen LogP contribution in [0.5, 0.6) is 5.75 Å². The van der Waals surface area contributed by atoms with Gasteiger partial charge in [-0.2, -0.15) is 4.98 Å². The first-order valence-corrected chi connectivity index (χ1v) is 7.06. The van der Waals surface area contributed by atoms with E-state index in [1.54, 1.807) is 18.2 Å². The molecule has 0 bridgehead atoms. The summed E-state index contributed by atoms with van der Waals surface area (Å²) in [5.74, 6) is 2.45. The molecule has 0 aliphatic heterocycles. The smallest absolute Gasteiger partial charge is 0.258 e. The SMILES string of the molecule is CC1CCC(c2noc(-c3ccc(N)c(O)c3)n2)CC1. The maximum absolute atomic E-state index is 9.63. The van der Waals surface area contributed by atoms with Crippen LogP contribution in [0.1, 0.15) is 44.3 Å². The highest BCUT2D eigenvalue weighted by atomic mass is 16.5. The molecule has 1 aliphatic carbocycles. The summed E-state index contributed by atoms with van der Waals surface area (Å²) in [5, 5.41) is 13.7. The van der Waals surface area contributed by atoms with Crippen molar-refractivity contribution in [3.63, 3.8) is 0 Å². The highest BCUT2D eigenvalue weighted by molar-refractivity contribution is 5.63. The lowest BCUT2D eigenvalue weighted by Crippen LogP contribution is -2.11. The van der Waals surface area contributed by atoms with Crippen molar-refractivity contribution in [1.29, 1.82) is 0 Å². The van der Waals surface area contributed by atoms with Crippen LogP contribution in [-0.4, -0.2) is 15.2 Å². The summed E-state index contributed by atoms with van der Waals surface area (Å²) in [6.07, 6.45) is 4.68. The van der Waals surface area contributed by atoms with Crippen molar-refractivity contribution in [2.24, 2.45) is 5.92 Å². The molecular weight excluding hydrogens is 254 g/mol. The zero-order chi connectivity index (χ0) is 14.1. The van der Waals surface area contributed by atoms with Crippen LogP contribution >= 0.6 is 0 Å². The number of nitrogen functional groups attached to an aromatic ring is 1. The lowest BCUT2D eigenvalue weighted by atomic mass is 9.83. The van der Waals surface area contributed by atoms with Crippen LogP contribution in [0.3, 0.4) is 0 Å². The van der Waals surface area contributed by atoms with Gasteiger partial charge in [-0.1, -0.05) is 24.9 Å². The first-order chi connectivity index (χ1) is 9.63. The minimum Gasteiger partial charge on any atom is -0.506 e. The van der Waals surface area contributed by atoms with Gasteiger partial charge in [-0.05, 0) is 37.0 Å². The molecule has 0 amide bonds. The first-order valence-electron chi connectivity index (χ1n) is 7.06. The molecule has 5 heteroatoms. The van der Waals surface area contributed by atoms with Crippen molar-refractivity contribution in [2.45, 2.75) is 38.5 Å². The highest BCUT2D eigenvalue weighted by Crippen LogP contribution is 2.35. The number of phenolic OH excluding ortho intramolecular Hbond substituents is 1. The van der Waals surface area contributed by atoms with Gasteiger partial charge >= 0.3 is 0 Å². The molecule has 1 heterocycles.